The third kappa shape index (κ3) is 3.85. The van der Waals surface area contributed by atoms with Gasteiger partial charge in [-0.1, -0.05) is 6.07 Å². The van der Waals surface area contributed by atoms with Crippen molar-refractivity contribution in [3.63, 3.8) is 0 Å². The van der Waals surface area contributed by atoms with Crippen LogP contribution in [0.25, 0.3) is 11.3 Å². The fraction of sp³-hybridized carbons (Fsp3) is 0.348. The molecule has 5 rings (SSSR count). The predicted octanol–water partition coefficient (Wildman–Crippen LogP) is 3.76. The summed E-state index contributed by atoms with van der Waals surface area (Å²) in [7, 11) is 1.67. The predicted molar refractivity (Wildman–Crippen MR) is 117 cm³/mol. The molecule has 7 nitrogen and oxygen atoms in total. The van der Waals surface area contributed by atoms with Crippen molar-refractivity contribution < 1.29 is 9.13 Å². The number of alkyl halides is 1. The molecular formula is C23H25FN6O. The second kappa shape index (κ2) is 8.02. The van der Waals surface area contributed by atoms with Crippen molar-refractivity contribution in [1.82, 2.24) is 24.1 Å². The Morgan fingerprint density at radius 1 is 1.16 bits per heavy atom. The van der Waals surface area contributed by atoms with Gasteiger partial charge in [-0.25, -0.2) is 18.9 Å². The zero-order chi connectivity index (χ0) is 21.4. The molecule has 8 heteroatoms. The number of halogens is 1. The highest BCUT2D eigenvalue weighted by molar-refractivity contribution is 5.68. The van der Waals surface area contributed by atoms with E-state index < -0.39 is 6.17 Å². The molecule has 4 aromatic rings. The van der Waals surface area contributed by atoms with Crippen molar-refractivity contribution in [1.29, 1.82) is 0 Å². The average Bonchev–Trinajstić information content (AvgIpc) is 3.39. The van der Waals surface area contributed by atoms with Crippen molar-refractivity contribution in [3.05, 3.63) is 66.1 Å². The number of rotatable bonds is 5. The van der Waals surface area contributed by atoms with Crippen LogP contribution in [0.5, 0.6) is 5.75 Å². The van der Waals surface area contributed by atoms with E-state index in [0.717, 1.165) is 39.9 Å². The Balaban J connectivity index is 1.42. The van der Waals surface area contributed by atoms with Crippen LogP contribution in [-0.4, -0.2) is 50.5 Å². The molecule has 1 aliphatic rings. The summed E-state index contributed by atoms with van der Waals surface area (Å²) in [6.07, 6.45) is 6.66. The summed E-state index contributed by atoms with van der Waals surface area (Å²) in [5, 5.41) is 4.67. The number of aromatic nitrogens is 5. The lowest BCUT2D eigenvalue weighted by Crippen LogP contribution is -2.34. The molecule has 1 aromatic carbocycles. The molecule has 31 heavy (non-hydrogen) atoms. The van der Waals surface area contributed by atoms with E-state index in [0.29, 0.717) is 32.4 Å². The maximum absolute atomic E-state index is 13.6. The zero-order valence-electron chi connectivity index (χ0n) is 17.7. The number of hydrogen-bond acceptors (Lipinski definition) is 5. The lowest BCUT2D eigenvalue weighted by atomic mass is 10.1. The molecule has 1 fully saturated rings. The standard InChI is InChI=1S/C23H25FN6O/c1-16-14-29(15-25-16)19-6-5-17(12-21(19)31-2)13-22-26-23-20(4-3-9-30(23)27-22)28-10-7-18(24)8-11-28/h3-6,9,12,14-15,18H,7-8,10-11,13H2,1-2H3. The van der Waals surface area contributed by atoms with Crippen molar-refractivity contribution >= 4 is 11.3 Å². The smallest absolute Gasteiger partial charge is 0.178 e. The van der Waals surface area contributed by atoms with Gasteiger partial charge in [0.15, 0.2) is 11.5 Å². The fourth-order valence-electron chi connectivity index (χ4n) is 4.13. The summed E-state index contributed by atoms with van der Waals surface area (Å²) in [6.45, 7) is 3.37. The number of aryl methyl sites for hydroxylation is 1. The Labute approximate surface area is 180 Å². The number of methoxy groups -OCH3 is 1. The highest BCUT2D eigenvalue weighted by atomic mass is 19.1. The van der Waals surface area contributed by atoms with Crippen molar-refractivity contribution in [2.75, 3.05) is 25.1 Å². The first kappa shape index (κ1) is 19.5. The number of pyridine rings is 1. The quantitative estimate of drug-likeness (QED) is 0.492. The van der Waals surface area contributed by atoms with E-state index in [1.165, 1.54) is 0 Å². The van der Waals surface area contributed by atoms with E-state index in [2.05, 4.69) is 21.0 Å². The summed E-state index contributed by atoms with van der Waals surface area (Å²) in [4.78, 5) is 11.3. The molecule has 0 bridgehead atoms. The largest absolute Gasteiger partial charge is 0.495 e. The maximum atomic E-state index is 13.6. The van der Waals surface area contributed by atoms with Crippen LogP contribution in [-0.2, 0) is 6.42 Å². The highest BCUT2D eigenvalue weighted by Crippen LogP contribution is 2.27. The van der Waals surface area contributed by atoms with Gasteiger partial charge < -0.3 is 14.2 Å². The first-order chi connectivity index (χ1) is 15.1. The van der Waals surface area contributed by atoms with Crippen LogP contribution in [0.1, 0.15) is 29.9 Å². The molecule has 0 N–H and O–H groups in total. The van der Waals surface area contributed by atoms with Crippen LogP contribution < -0.4 is 9.64 Å². The van der Waals surface area contributed by atoms with E-state index in [9.17, 15) is 4.39 Å². The molecule has 1 aliphatic heterocycles. The molecule has 160 valence electrons. The lowest BCUT2D eigenvalue weighted by Gasteiger charge is -2.30. The number of piperidine rings is 1. The van der Waals surface area contributed by atoms with E-state index in [1.807, 2.05) is 52.7 Å². The topological polar surface area (TPSA) is 60.5 Å². The van der Waals surface area contributed by atoms with Gasteiger partial charge in [-0.2, -0.15) is 5.10 Å². The molecule has 0 aliphatic carbocycles. The molecular weight excluding hydrogens is 395 g/mol. The van der Waals surface area contributed by atoms with Gasteiger partial charge in [-0.05, 0) is 49.6 Å². The molecule has 3 aromatic heterocycles. The van der Waals surface area contributed by atoms with Crippen molar-refractivity contribution in [3.8, 4) is 11.4 Å². The monoisotopic (exact) mass is 420 g/mol. The Bertz CT molecular complexity index is 1210. The third-order valence-electron chi connectivity index (χ3n) is 5.75. The second-order valence-electron chi connectivity index (χ2n) is 7.96. The Hall–Kier alpha value is -3.42. The van der Waals surface area contributed by atoms with Crippen molar-refractivity contribution in [2.24, 2.45) is 0 Å². The molecule has 4 heterocycles. The van der Waals surface area contributed by atoms with E-state index in [1.54, 1.807) is 13.4 Å². The van der Waals surface area contributed by atoms with E-state index in [4.69, 9.17) is 9.72 Å². The average molecular weight is 420 g/mol. The Kier molecular flexibility index (Phi) is 5.05. The molecule has 0 amide bonds. The number of nitrogens with zero attached hydrogens (tertiary/aromatic N) is 6. The Morgan fingerprint density at radius 2 is 2.00 bits per heavy atom. The van der Waals surface area contributed by atoms with E-state index >= 15 is 0 Å². The third-order valence-corrected chi connectivity index (χ3v) is 5.75. The van der Waals surface area contributed by atoms with Crippen molar-refractivity contribution in [2.45, 2.75) is 32.4 Å². The van der Waals surface area contributed by atoms with Crippen LogP contribution in [0, 0.1) is 6.92 Å². The highest BCUT2D eigenvalue weighted by Gasteiger charge is 2.21. The molecule has 0 atom stereocenters. The minimum atomic E-state index is -0.700. The fourth-order valence-corrected chi connectivity index (χ4v) is 4.13. The Morgan fingerprint density at radius 3 is 2.74 bits per heavy atom. The first-order valence-corrected chi connectivity index (χ1v) is 10.5. The number of ether oxygens (including phenoxy) is 1. The summed E-state index contributed by atoms with van der Waals surface area (Å²) in [6, 6.07) is 10.1. The van der Waals surface area contributed by atoms with Gasteiger partial charge in [0, 0.05) is 31.9 Å². The molecule has 0 radical (unpaired) electrons. The van der Waals surface area contributed by atoms with Crippen LogP contribution in [0.3, 0.4) is 0 Å². The van der Waals surface area contributed by atoms with Gasteiger partial charge >= 0.3 is 0 Å². The number of hydrogen-bond donors (Lipinski definition) is 0. The molecule has 0 saturated carbocycles. The summed E-state index contributed by atoms with van der Waals surface area (Å²) in [5.41, 5.74) is 4.77. The molecule has 1 saturated heterocycles. The number of imidazole rings is 1. The first-order valence-electron chi connectivity index (χ1n) is 10.5. The summed E-state index contributed by atoms with van der Waals surface area (Å²) >= 11 is 0. The normalized spacial score (nSPS) is 15.0. The summed E-state index contributed by atoms with van der Waals surface area (Å²) < 4.78 is 22.9. The lowest BCUT2D eigenvalue weighted by molar-refractivity contribution is 0.277. The second-order valence-corrected chi connectivity index (χ2v) is 7.96. The maximum Gasteiger partial charge on any atom is 0.178 e. The van der Waals surface area contributed by atoms with Crippen LogP contribution >= 0.6 is 0 Å². The number of fused-ring (bicyclic) bond motifs is 1. The molecule has 0 unspecified atom stereocenters. The zero-order valence-corrected chi connectivity index (χ0v) is 17.7. The van der Waals surface area contributed by atoms with Crippen LogP contribution in [0.2, 0.25) is 0 Å². The minimum absolute atomic E-state index is 0.560. The number of benzene rings is 1. The van der Waals surface area contributed by atoms with Gasteiger partial charge in [0.05, 0.1) is 30.5 Å². The number of anilines is 1. The van der Waals surface area contributed by atoms with Gasteiger partial charge in [0.1, 0.15) is 11.9 Å². The SMILES string of the molecule is COc1cc(Cc2nc3c(N4CCC(F)CC4)cccn3n2)ccc1-n1cnc(C)c1. The van der Waals surface area contributed by atoms with Gasteiger partial charge in [-0.15, -0.1) is 0 Å². The van der Waals surface area contributed by atoms with Crippen LogP contribution in [0.4, 0.5) is 10.1 Å². The van der Waals surface area contributed by atoms with Gasteiger partial charge in [0.2, 0.25) is 0 Å². The van der Waals surface area contributed by atoms with Gasteiger partial charge in [-0.3, -0.25) is 0 Å². The summed E-state index contributed by atoms with van der Waals surface area (Å²) in [5.74, 6) is 1.51. The molecule has 0 spiro atoms. The van der Waals surface area contributed by atoms with E-state index in [-0.39, 0.29) is 0 Å². The van der Waals surface area contributed by atoms with Crippen LogP contribution in [0.15, 0.2) is 49.1 Å². The minimum Gasteiger partial charge on any atom is -0.495 e. The van der Waals surface area contributed by atoms with Gasteiger partial charge in [0.25, 0.3) is 0 Å².